The summed E-state index contributed by atoms with van der Waals surface area (Å²) >= 11 is 0. The van der Waals surface area contributed by atoms with E-state index in [9.17, 15) is 0 Å². The molecule has 3 aliphatic rings. The van der Waals surface area contributed by atoms with Gasteiger partial charge in [-0.1, -0.05) is 20.3 Å². The Labute approximate surface area is 64.0 Å². The van der Waals surface area contributed by atoms with Gasteiger partial charge in [0.05, 0.1) is 0 Å². The van der Waals surface area contributed by atoms with E-state index in [1.807, 2.05) is 0 Å². The van der Waals surface area contributed by atoms with Crippen LogP contribution in [0.25, 0.3) is 0 Å². The van der Waals surface area contributed by atoms with Gasteiger partial charge in [-0.2, -0.15) is 0 Å². The van der Waals surface area contributed by atoms with Crippen LogP contribution in [0.1, 0.15) is 46.0 Å². The van der Waals surface area contributed by atoms with Crippen molar-refractivity contribution >= 4 is 0 Å². The smallest absolute Gasteiger partial charge is 0.0320 e. The average molecular weight is 138 g/mol. The van der Waals surface area contributed by atoms with Gasteiger partial charge in [0.25, 0.3) is 0 Å². The molecule has 3 aliphatic carbocycles. The van der Waals surface area contributed by atoms with Gasteiger partial charge in [-0.15, -0.1) is 0 Å². The van der Waals surface area contributed by atoms with Gasteiger partial charge in [0, 0.05) is 0 Å². The summed E-state index contributed by atoms with van der Waals surface area (Å²) in [6.07, 6.45) is 7.60. The van der Waals surface area contributed by atoms with Crippen LogP contribution in [0.4, 0.5) is 0 Å². The number of hydrogen-bond acceptors (Lipinski definition) is 0. The first-order valence-corrected chi connectivity index (χ1v) is 4.68. The molecule has 1 atom stereocenters. The highest BCUT2D eigenvalue weighted by atomic mass is 14.5. The first-order valence-electron chi connectivity index (χ1n) is 4.68. The van der Waals surface area contributed by atoms with Crippen LogP contribution in [-0.2, 0) is 0 Å². The van der Waals surface area contributed by atoms with E-state index >= 15 is 0 Å². The number of rotatable bonds is 0. The lowest BCUT2D eigenvalue weighted by atomic mass is 9.62. The van der Waals surface area contributed by atoms with Gasteiger partial charge in [0.15, 0.2) is 0 Å². The minimum atomic E-state index is 0.787. The Morgan fingerprint density at radius 2 is 2.00 bits per heavy atom. The molecule has 0 spiro atoms. The minimum Gasteiger partial charge on any atom is -0.0625 e. The molecule has 1 unspecified atom stereocenters. The second-order valence-corrected chi connectivity index (χ2v) is 4.96. The maximum Gasteiger partial charge on any atom is -0.0320 e. The van der Waals surface area contributed by atoms with Crippen LogP contribution in [0.15, 0.2) is 0 Å². The summed E-state index contributed by atoms with van der Waals surface area (Å²) in [7, 11) is 0. The van der Waals surface area contributed by atoms with E-state index in [0.29, 0.717) is 0 Å². The molecule has 0 aliphatic heterocycles. The molecule has 0 radical (unpaired) electrons. The van der Waals surface area contributed by atoms with Crippen LogP contribution in [0.2, 0.25) is 0 Å². The third kappa shape index (κ3) is 0.980. The van der Waals surface area contributed by atoms with E-state index in [1.165, 1.54) is 32.1 Å². The predicted molar refractivity (Wildman–Crippen MR) is 43.8 cm³/mol. The Hall–Kier alpha value is 0. The predicted octanol–water partition coefficient (Wildman–Crippen LogP) is 3.22. The lowest BCUT2D eigenvalue weighted by Gasteiger charge is -2.43. The topological polar surface area (TPSA) is 0 Å². The summed E-state index contributed by atoms with van der Waals surface area (Å²) in [6.45, 7) is 4.89. The fraction of sp³-hybridized carbons (Fsp3) is 1.00. The molecule has 58 valence electrons. The molecule has 0 aromatic rings. The summed E-state index contributed by atoms with van der Waals surface area (Å²) in [6, 6.07) is 0. The largest absolute Gasteiger partial charge is 0.0625 e. The van der Waals surface area contributed by atoms with Crippen LogP contribution >= 0.6 is 0 Å². The normalized spacial score (nSPS) is 53.4. The van der Waals surface area contributed by atoms with Gasteiger partial charge < -0.3 is 0 Å². The van der Waals surface area contributed by atoms with Crippen molar-refractivity contribution in [2.24, 2.45) is 17.3 Å². The second-order valence-electron chi connectivity index (χ2n) is 4.96. The molecule has 0 nitrogen and oxygen atoms in total. The van der Waals surface area contributed by atoms with Crippen LogP contribution in [0, 0.1) is 17.3 Å². The zero-order chi connectivity index (χ0) is 7.19. The van der Waals surface area contributed by atoms with Crippen molar-refractivity contribution in [1.29, 1.82) is 0 Å². The van der Waals surface area contributed by atoms with Gasteiger partial charge in [0.2, 0.25) is 0 Å². The van der Waals surface area contributed by atoms with Crippen LogP contribution in [0.5, 0.6) is 0 Å². The van der Waals surface area contributed by atoms with Crippen LogP contribution in [0.3, 0.4) is 0 Å². The first kappa shape index (κ1) is 6.69. The fourth-order valence-corrected chi connectivity index (χ4v) is 2.99. The van der Waals surface area contributed by atoms with Crippen molar-refractivity contribution in [2.75, 3.05) is 0 Å². The van der Waals surface area contributed by atoms with Gasteiger partial charge in [-0.3, -0.25) is 0 Å². The Kier molecular flexibility index (Phi) is 1.33. The Morgan fingerprint density at radius 3 is 2.70 bits per heavy atom. The molecule has 3 saturated carbocycles. The average Bonchev–Trinajstić information content (AvgIpc) is 1.96. The number of fused-ring (bicyclic) bond motifs is 3. The molecular weight excluding hydrogens is 120 g/mol. The van der Waals surface area contributed by atoms with Crippen molar-refractivity contribution < 1.29 is 0 Å². The highest BCUT2D eigenvalue weighted by Gasteiger charge is 2.42. The minimum absolute atomic E-state index is 0.787. The SMILES string of the molecule is CC1CCC2(C)CC(C1)C2. The molecule has 3 rings (SSSR count). The van der Waals surface area contributed by atoms with Crippen molar-refractivity contribution in [3.63, 3.8) is 0 Å². The summed E-state index contributed by atoms with van der Waals surface area (Å²) < 4.78 is 0. The van der Waals surface area contributed by atoms with Crippen LogP contribution < -0.4 is 0 Å². The summed E-state index contributed by atoms with van der Waals surface area (Å²) in [4.78, 5) is 0. The van der Waals surface area contributed by atoms with Crippen molar-refractivity contribution in [3.8, 4) is 0 Å². The molecule has 0 amide bonds. The highest BCUT2D eigenvalue weighted by Crippen LogP contribution is 2.54. The zero-order valence-corrected chi connectivity index (χ0v) is 7.19. The lowest BCUT2D eigenvalue weighted by molar-refractivity contribution is 0.0800. The molecule has 0 saturated heterocycles. The number of hydrogen-bond donors (Lipinski definition) is 0. The van der Waals surface area contributed by atoms with Crippen molar-refractivity contribution in [3.05, 3.63) is 0 Å². The van der Waals surface area contributed by atoms with Gasteiger partial charge in [0.1, 0.15) is 0 Å². The summed E-state index contributed by atoms with van der Waals surface area (Å²) in [5.74, 6) is 2.14. The van der Waals surface area contributed by atoms with E-state index in [0.717, 1.165) is 17.3 Å². The Morgan fingerprint density at radius 1 is 1.30 bits per heavy atom. The molecule has 0 aromatic carbocycles. The van der Waals surface area contributed by atoms with E-state index in [-0.39, 0.29) is 0 Å². The molecule has 2 bridgehead atoms. The maximum atomic E-state index is 2.47. The van der Waals surface area contributed by atoms with Gasteiger partial charge in [-0.25, -0.2) is 0 Å². The van der Waals surface area contributed by atoms with E-state index in [2.05, 4.69) is 13.8 Å². The van der Waals surface area contributed by atoms with E-state index < -0.39 is 0 Å². The molecular formula is C10H18. The molecule has 0 N–H and O–H groups in total. The van der Waals surface area contributed by atoms with Crippen molar-refractivity contribution in [2.45, 2.75) is 46.0 Å². The molecule has 0 aromatic heterocycles. The van der Waals surface area contributed by atoms with Crippen molar-refractivity contribution in [1.82, 2.24) is 0 Å². The molecule has 0 heterocycles. The van der Waals surface area contributed by atoms with Crippen LogP contribution in [-0.4, -0.2) is 0 Å². The Bertz CT molecular complexity index is 128. The third-order valence-corrected chi connectivity index (χ3v) is 3.54. The zero-order valence-electron chi connectivity index (χ0n) is 7.19. The van der Waals surface area contributed by atoms with Gasteiger partial charge in [-0.05, 0) is 42.9 Å². The summed E-state index contributed by atoms with van der Waals surface area (Å²) in [5, 5.41) is 0. The standard InChI is InChI=1S/C10H18/c1-8-3-4-10(2)6-9(5-8)7-10/h8-9H,3-7H2,1-2H3. The maximum absolute atomic E-state index is 2.47. The monoisotopic (exact) mass is 138 g/mol. The first-order chi connectivity index (χ1) is 4.68. The molecule has 0 heteroatoms. The van der Waals surface area contributed by atoms with E-state index in [4.69, 9.17) is 0 Å². The lowest BCUT2D eigenvalue weighted by Crippen LogP contribution is -2.32. The molecule has 3 fully saturated rings. The Balaban J connectivity index is 2.03. The molecule has 10 heavy (non-hydrogen) atoms. The highest BCUT2D eigenvalue weighted by molar-refractivity contribution is 4.93. The van der Waals surface area contributed by atoms with E-state index in [1.54, 1.807) is 0 Å². The van der Waals surface area contributed by atoms with Gasteiger partial charge >= 0.3 is 0 Å². The quantitative estimate of drug-likeness (QED) is 0.482. The third-order valence-electron chi connectivity index (χ3n) is 3.54. The summed E-state index contributed by atoms with van der Waals surface area (Å²) in [5.41, 5.74) is 0.787. The second kappa shape index (κ2) is 1.99. The fourth-order valence-electron chi connectivity index (χ4n) is 2.99.